The minimum atomic E-state index is 0.104. The number of carbonyl (C=O) groups is 1. The molecule has 4 aromatic rings. The summed E-state index contributed by atoms with van der Waals surface area (Å²) in [7, 11) is 0. The van der Waals surface area contributed by atoms with Gasteiger partial charge in [0.25, 0.3) is 0 Å². The maximum absolute atomic E-state index is 12.8. The Morgan fingerprint density at radius 3 is 2.69 bits per heavy atom. The lowest BCUT2D eigenvalue weighted by atomic mass is 10.0. The zero-order chi connectivity index (χ0) is 19.6. The van der Waals surface area contributed by atoms with Gasteiger partial charge < -0.3 is 4.42 Å². The summed E-state index contributed by atoms with van der Waals surface area (Å²) < 4.78 is 7.46. The minimum absolute atomic E-state index is 0.104. The summed E-state index contributed by atoms with van der Waals surface area (Å²) in [5, 5.41) is 9.32. The fourth-order valence-electron chi connectivity index (χ4n) is 3.70. The van der Waals surface area contributed by atoms with Crippen molar-refractivity contribution in [2.75, 3.05) is 5.75 Å². The summed E-state index contributed by atoms with van der Waals surface area (Å²) in [5.41, 5.74) is 4.39. The molecule has 5 rings (SSSR count). The molecule has 5 nitrogen and oxygen atoms in total. The molecule has 0 fully saturated rings. The predicted molar refractivity (Wildman–Crippen MR) is 113 cm³/mol. The van der Waals surface area contributed by atoms with Gasteiger partial charge in [-0.15, -0.1) is 10.2 Å². The molecule has 29 heavy (non-hydrogen) atoms. The van der Waals surface area contributed by atoms with E-state index in [2.05, 4.69) is 22.3 Å². The molecule has 144 valence electrons. The van der Waals surface area contributed by atoms with Gasteiger partial charge in [0.05, 0.1) is 12.0 Å². The summed E-state index contributed by atoms with van der Waals surface area (Å²) in [6.07, 6.45) is 4.98. The topological polar surface area (TPSA) is 60.9 Å². The van der Waals surface area contributed by atoms with Crippen molar-refractivity contribution in [3.05, 3.63) is 83.6 Å². The minimum Gasteiger partial charge on any atom is -0.461 e. The van der Waals surface area contributed by atoms with Crippen molar-refractivity contribution in [3.63, 3.8) is 0 Å². The maximum atomic E-state index is 12.8. The quantitative estimate of drug-likeness (QED) is 0.336. The number of benzene rings is 2. The normalized spacial score (nSPS) is 12.8. The Morgan fingerprint density at radius 2 is 1.86 bits per heavy atom. The molecule has 0 saturated carbocycles. The predicted octanol–water partition coefficient (Wildman–Crippen LogP) is 4.99. The lowest BCUT2D eigenvalue weighted by Crippen LogP contribution is -2.05. The summed E-state index contributed by atoms with van der Waals surface area (Å²) in [6.45, 7) is 0. The number of thioether (sulfide) groups is 1. The summed E-state index contributed by atoms with van der Waals surface area (Å²) in [5.74, 6) is 1.67. The van der Waals surface area contributed by atoms with E-state index in [0.29, 0.717) is 22.5 Å². The van der Waals surface area contributed by atoms with Crippen LogP contribution in [0.4, 0.5) is 0 Å². The zero-order valence-electron chi connectivity index (χ0n) is 15.7. The highest BCUT2D eigenvalue weighted by Crippen LogP contribution is 2.29. The number of furan rings is 1. The first kappa shape index (κ1) is 17.9. The van der Waals surface area contributed by atoms with Crippen molar-refractivity contribution in [2.45, 2.75) is 24.4 Å². The van der Waals surface area contributed by atoms with Gasteiger partial charge in [0.15, 0.2) is 16.7 Å². The van der Waals surface area contributed by atoms with Crippen LogP contribution in [-0.4, -0.2) is 26.3 Å². The van der Waals surface area contributed by atoms with Crippen molar-refractivity contribution in [1.29, 1.82) is 0 Å². The van der Waals surface area contributed by atoms with Crippen LogP contribution in [0.25, 0.3) is 17.3 Å². The summed E-state index contributed by atoms with van der Waals surface area (Å²) in [4.78, 5) is 12.8. The highest BCUT2D eigenvalue weighted by molar-refractivity contribution is 7.99. The highest BCUT2D eigenvalue weighted by atomic mass is 32.2. The van der Waals surface area contributed by atoms with Gasteiger partial charge in [-0.1, -0.05) is 42.1 Å². The van der Waals surface area contributed by atoms with Crippen LogP contribution in [0.2, 0.25) is 0 Å². The van der Waals surface area contributed by atoms with Gasteiger partial charge in [0.1, 0.15) is 0 Å². The molecule has 0 N–H and O–H groups in total. The van der Waals surface area contributed by atoms with E-state index in [9.17, 15) is 4.79 Å². The van der Waals surface area contributed by atoms with Crippen LogP contribution in [0, 0.1) is 0 Å². The number of hydrogen-bond acceptors (Lipinski definition) is 5. The van der Waals surface area contributed by atoms with Gasteiger partial charge in [0.2, 0.25) is 5.82 Å². The second kappa shape index (κ2) is 7.72. The average molecular weight is 401 g/mol. The number of hydrogen-bond donors (Lipinski definition) is 0. The second-order valence-corrected chi connectivity index (χ2v) is 7.95. The van der Waals surface area contributed by atoms with Gasteiger partial charge >= 0.3 is 0 Å². The van der Waals surface area contributed by atoms with Crippen molar-refractivity contribution < 1.29 is 9.21 Å². The standard InChI is InChI=1S/C23H19N3O2S/c27-20(18-12-11-16-6-4-7-17(16)14-18)15-29-23-25-24-22(21-10-5-13-28-21)26(23)19-8-2-1-3-9-19/h1-3,5,8-14H,4,6-7,15H2. The molecular formula is C23H19N3O2S. The van der Waals surface area contributed by atoms with E-state index >= 15 is 0 Å². The third kappa shape index (κ3) is 3.51. The molecule has 0 aliphatic heterocycles. The van der Waals surface area contributed by atoms with Gasteiger partial charge in [-0.25, -0.2) is 0 Å². The Hall–Kier alpha value is -3.12. The molecule has 2 aromatic heterocycles. The van der Waals surface area contributed by atoms with Crippen molar-refractivity contribution in [3.8, 4) is 17.3 Å². The molecule has 0 saturated heterocycles. The lowest BCUT2D eigenvalue weighted by molar-refractivity contribution is 0.102. The van der Waals surface area contributed by atoms with Crippen LogP contribution < -0.4 is 0 Å². The molecular weight excluding hydrogens is 382 g/mol. The van der Waals surface area contributed by atoms with E-state index in [1.165, 1.54) is 29.3 Å². The maximum Gasteiger partial charge on any atom is 0.205 e. The highest BCUT2D eigenvalue weighted by Gasteiger charge is 2.20. The molecule has 1 aliphatic carbocycles. The van der Waals surface area contributed by atoms with E-state index in [-0.39, 0.29) is 5.78 Å². The Labute approximate surface area is 172 Å². The van der Waals surface area contributed by atoms with Crippen LogP contribution in [0.1, 0.15) is 27.9 Å². The Kier molecular flexibility index (Phi) is 4.77. The zero-order valence-corrected chi connectivity index (χ0v) is 16.6. The SMILES string of the molecule is O=C(CSc1nnc(-c2ccco2)n1-c1ccccc1)c1ccc2c(c1)CCC2. The van der Waals surface area contributed by atoms with E-state index in [1.807, 2.05) is 53.1 Å². The van der Waals surface area contributed by atoms with E-state index in [1.54, 1.807) is 6.26 Å². The summed E-state index contributed by atoms with van der Waals surface area (Å²) >= 11 is 1.39. The number of para-hydroxylation sites is 1. The van der Waals surface area contributed by atoms with Crippen LogP contribution in [-0.2, 0) is 12.8 Å². The molecule has 0 amide bonds. The molecule has 0 spiro atoms. The van der Waals surface area contributed by atoms with E-state index in [0.717, 1.165) is 24.1 Å². The van der Waals surface area contributed by atoms with E-state index < -0.39 is 0 Å². The number of fused-ring (bicyclic) bond motifs is 1. The first-order valence-electron chi connectivity index (χ1n) is 9.62. The van der Waals surface area contributed by atoms with Crippen LogP contribution in [0.15, 0.2) is 76.5 Å². The fraction of sp³-hybridized carbons (Fsp3) is 0.174. The first-order chi connectivity index (χ1) is 14.3. The number of aromatic nitrogens is 3. The third-order valence-electron chi connectivity index (χ3n) is 5.14. The van der Waals surface area contributed by atoms with Gasteiger partial charge in [-0.2, -0.15) is 0 Å². The average Bonchev–Trinajstić information content (AvgIpc) is 3.52. The number of ketones is 1. The van der Waals surface area contributed by atoms with Crippen molar-refractivity contribution >= 4 is 17.5 Å². The van der Waals surface area contributed by atoms with Gasteiger partial charge in [0, 0.05) is 11.3 Å². The van der Waals surface area contributed by atoms with Crippen LogP contribution in [0.5, 0.6) is 0 Å². The van der Waals surface area contributed by atoms with Gasteiger partial charge in [-0.3, -0.25) is 9.36 Å². The number of aryl methyl sites for hydroxylation is 2. The number of nitrogens with zero attached hydrogens (tertiary/aromatic N) is 3. The van der Waals surface area contributed by atoms with E-state index in [4.69, 9.17) is 4.42 Å². The first-order valence-corrected chi connectivity index (χ1v) is 10.6. The monoisotopic (exact) mass is 401 g/mol. The number of rotatable bonds is 6. The van der Waals surface area contributed by atoms with Gasteiger partial charge in [-0.05, 0) is 60.7 Å². The number of Topliss-reactive ketones (excluding diaryl/α,β-unsaturated/α-hetero) is 1. The molecule has 6 heteroatoms. The van der Waals surface area contributed by atoms with Crippen molar-refractivity contribution in [1.82, 2.24) is 14.8 Å². The smallest absolute Gasteiger partial charge is 0.205 e. The molecule has 0 radical (unpaired) electrons. The number of carbonyl (C=O) groups excluding carboxylic acids is 1. The van der Waals surface area contributed by atoms with Crippen LogP contribution >= 0.6 is 11.8 Å². The third-order valence-corrected chi connectivity index (χ3v) is 6.07. The molecule has 2 heterocycles. The molecule has 0 unspecified atom stereocenters. The lowest BCUT2D eigenvalue weighted by Gasteiger charge is -2.09. The Bertz CT molecular complexity index is 1150. The molecule has 0 bridgehead atoms. The second-order valence-electron chi connectivity index (χ2n) is 7.00. The molecule has 1 aliphatic rings. The Balaban J connectivity index is 1.42. The van der Waals surface area contributed by atoms with Crippen molar-refractivity contribution in [2.24, 2.45) is 0 Å². The summed E-state index contributed by atoms with van der Waals surface area (Å²) in [6, 6.07) is 19.6. The molecule has 0 atom stereocenters. The largest absolute Gasteiger partial charge is 0.461 e. The molecule has 2 aromatic carbocycles. The Morgan fingerprint density at radius 1 is 1.00 bits per heavy atom. The fourth-order valence-corrected chi connectivity index (χ4v) is 4.54. The van der Waals surface area contributed by atoms with Crippen LogP contribution in [0.3, 0.4) is 0 Å².